The third-order valence-corrected chi connectivity index (χ3v) is 0.0630. The molecule has 0 bridgehead atoms. The van der Waals surface area contributed by atoms with Crippen LogP contribution >= 0.6 is 0 Å². The monoisotopic (exact) mass is 62.0 g/mol. The Labute approximate surface area is 23.6 Å². The van der Waals surface area contributed by atoms with Gasteiger partial charge in [-0.25, -0.2) is 0 Å². The lowest BCUT2D eigenvalue weighted by atomic mass is 11.2. The molecule has 4 heavy (non-hydrogen) atoms. The lowest BCUT2D eigenvalue weighted by Gasteiger charge is -1.62. The first-order chi connectivity index (χ1) is 1.91. The highest BCUT2D eigenvalue weighted by Crippen LogP contribution is 1.63. The van der Waals surface area contributed by atoms with E-state index in [-0.39, 0.29) is 0 Å². The van der Waals surface area contributed by atoms with Crippen LogP contribution in [-0.2, 0) is 4.94 Å². The van der Waals surface area contributed by atoms with Gasteiger partial charge in [0.25, 0.3) is 0 Å². The molecule has 0 aromatic carbocycles. The van der Waals surface area contributed by atoms with Gasteiger partial charge in [0.1, 0.15) is 6.26 Å². The summed E-state index contributed by atoms with van der Waals surface area (Å²) in [5, 5.41) is 0. The Bertz CT molecular complexity index is 20.0. The molecule has 24 valence electrons. The zero-order valence-corrected chi connectivity index (χ0v) is 2.07. The lowest BCUT2D eigenvalue weighted by Crippen LogP contribution is -1.41. The van der Waals surface area contributed by atoms with Gasteiger partial charge in [0.05, 0.1) is 0 Å². The van der Waals surface area contributed by atoms with E-state index in [2.05, 4.69) is 11.5 Å². The molecule has 0 aliphatic rings. The molecule has 0 fully saturated rings. The van der Waals surface area contributed by atoms with E-state index >= 15 is 0 Å². The summed E-state index contributed by atoms with van der Waals surface area (Å²) in [6.07, 6.45) is 0.708. The van der Waals surface area contributed by atoms with Crippen LogP contribution in [0.2, 0.25) is 0 Å². The molecule has 0 amide bonds. The van der Waals surface area contributed by atoms with Crippen molar-refractivity contribution in [2.75, 3.05) is 0 Å². The van der Waals surface area contributed by atoms with Gasteiger partial charge in [0, 0.05) is 4.53 Å². The van der Waals surface area contributed by atoms with Gasteiger partial charge in [0.15, 0.2) is 0 Å². The summed E-state index contributed by atoms with van der Waals surface area (Å²) in [7, 11) is 0. The summed E-state index contributed by atoms with van der Waals surface area (Å²) in [6.45, 7) is 2.88. The molecule has 0 radical (unpaired) electrons. The molecule has 0 aromatic heterocycles. The average Bonchev–Trinajstić information content (AvgIpc) is 1.37. The molecule has 2 heteroatoms. The predicted octanol–water partition coefficient (Wildman–Crippen LogP) is 1.03. The third-order valence-electron chi connectivity index (χ3n) is 0.0630. The molecule has 0 atom stereocenters. The number of hydrogen-bond acceptors (Lipinski definition) is 1. The molecule has 1 nitrogen and oxygen atoms in total. The fourth-order valence-corrected chi connectivity index (χ4v) is 0. The van der Waals surface area contributed by atoms with Crippen molar-refractivity contribution in [3.05, 3.63) is 12.8 Å². The standard InChI is InChI=1S/C2H3FO/c1-2-4-3/h2H,1H2. The fourth-order valence-electron chi connectivity index (χ4n) is 0. The van der Waals surface area contributed by atoms with E-state index in [1.54, 1.807) is 0 Å². The van der Waals surface area contributed by atoms with E-state index in [9.17, 15) is 4.53 Å². The quantitative estimate of drug-likeness (QED) is 0.412. The van der Waals surface area contributed by atoms with Crippen LogP contribution in [0.15, 0.2) is 12.8 Å². The highest BCUT2D eigenvalue weighted by Gasteiger charge is 1.43. The van der Waals surface area contributed by atoms with Crippen molar-refractivity contribution >= 4 is 0 Å². The van der Waals surface area contributed by atoms with Gasteiger partial charge in [-0.1, -0.05) is 6.58 Å². The van der Waals surface area contributed by atoms with Gasteiger partial charge in [-0.05, 0) is 0 Å². The first-order valence-electron chi connectivity index (χ1n) is 0.798. The van der Waals surface area contributed by atoms with Gasteiger partial charge >= 0.3 is 0 Å². The first kappa shape index (κ1) is 3.47. The highest BCUT2D eigenvalue weighted by atomic mass is 19.3. The molecular formula is C2H3FO. The number of rotatable bonds is 1. The molecule has 0 aliphatic carbocycles. The fraction of sp³-hybridized carbons (Fsp3) is 0. The summed E-state index contributed by atoms with van der Waals surface area (Å²) in [4.78, 5) is 2.81. The zero-order valence-electron chi connectivity index (χ0n) is 2.07. The summed E-state index contributed by atoms with van der Waals surface area (Å²) in [5.41, 5.74) is 0. The Morgan fingerprint density at radius 3 is 2.25 bits per heavy atom. The van der Waals surface area contributed by atoms with Crippen LogP contribution in [0.3, 0.4) is 0 Å². The summed E-state index contributed by atoms with van der Waals surface area (Å²) in [6, 6.07) is 0. The van der Waals surface area contributed by atoms with Gasteiger partial charge in [0.2, 0.25) is 0 Å². The van der Waals surface area contributed by atoms with Gasteiger partial charge in [-0.15, -0.1) is 0 Å². The summed E-state index contributed by atoms with van der Waals surface area (Å²) < 4.78 is 10.1. The van der Waals surface area contributed by atoms with Crippen molar-refractivity contribution in [1.29, 1.82) is 0 Å². The maximum absolute atomic E-state index is 10.1. The largest absolute Gasteiger partial charge is 0.303 e. The Kier molecular flexibility index (Phi) is 2.14. The molecule has 0 aliphatic heterocycles. The third kappa shape index (κ3) is 1.47. The predicted molar refractivity (Wildman–Crippen MR) is 12.4 cm³/mol. The minimum absolute atomic E-state index is 0.708. The normalized spacial score (nSPS) is 5.25. The lowest BCUT2D eigenvalue weighted by molar-refractivity contribution is -0.0611. The average molecular weight is 62.0 g/mol. The molecule has 0 rings (SSSR count). The van der Waals surface area contributed by atoms with Crippen LogP contribution in [0.1, 0.15) is 0 Å². The number of hydrogen-bond donors (Lipinski definition) is 0. The van der Waals surface area contributed by atoms with Crippen LogP contribution in [0.5, 0.6) is 0 Å². The number of halogens is 1. The highest BCUT2D eigenvalue weighted by molar-refractivity contribution is 4.41. The van der Waals surface area contributed by atoms with E-state index in [4.69, 9.17) is 0 Å². The van der Waals surface area contributed by atoms with Crippen molar-refractivity contribution in [1.82, 2.24) is 0 Å². The van der Waals surface area contributed by atoms with E-state index < -0.39 is 0 Å². The second kappa shape index (κ2) is 2.47. The van der Waals surface area contributed by atoms with Crippen molar-refractivity contribution in [2.24, 2.45) is 0 Å². The van der Waals surface area contributed by atoms with Crippen LogP contribution in [0.4, 0.5) is 4.53 Å². The van der Waals surface area contributed by atoms with E-state index in [0.717, 1.165) is 0 Å². The second-order valence-electron chi connectivity index (χ2n) is 0.256. The summed E-state index contributed by atoms with van der Waals surface area (Å²) in [5.74, 6) is 0. The SMILES string of the molecule is C=COF. The van der Waals surface area contributed by atoms with Crippen LogP contribution < -0.4 is 0 Å². The Morgan fingerprint density at radius 1 is 2.00 bits per heavy atom. The Hall–Kier alpha value is -0.530. The van der Waals surface area contributed by atoms with E-state index in [0.29, 0.717) is 6.26 Å². The molecule has 0 saturated carbocycles. The molecule has 0 spiro atoms. The maximum atomic E-state index is 10.1. The molecule has 0 heterocycles. The van der Waals surface area contributed by atoms with Crippen molar-refractivity contribution in [3.8, 4) is 0 Å². The van der Waals surface area contributed by atoms with Crippen molar-refractivity contribution in [3.63, 3.8) is 0 Å². The van der Waals surface area contributed by atoms with Crippen LogP contribution in [-0.4, -0.2) is 0 Å². The molecule has 0 unspecified atom stereocenters. The van der Waals surface area contributed by atoms with Gasteiger partial charge in [-0.3, -0.25) is 0 Å². The maximum Gasteiger partial charge on any atom is 0.128 e. The van der Waals surface area contributed by atoms with Crippen molar-refractivity contribution in [2.45, 2.75) is 0 Å². The van der Waals surface area contributed by atoms with Crippen LogP contribution in [0.25, 0.3) is 0 Å². The minimum Gasteiger partial charge on any atom is -0.303 e. The first-order valence-corrected chi connectivity index (χ1v) is 0.798. The van der Waals surface area contributed by atoms with E-state index in [1.807, 2.05) is 0 Å². The second-order valence-corrected chi connectivity index (χ2v) is 0.256. The Morgan fingerprint density at radius 2 is 2.25 bits per heavy atom. The molecule has 0 N–H and O–H groups in total. The van der Waals surface area contributed by atoms with Crippen molar-refractivity contribution < 1.29 is 9.47 Å². The topological polar surface area (TPSA) is 9.23 Å². The molecule has 0 aromatic rings. The van der Waals surface area contributed by atoms with E-state index in [1.165, 1.54) is 0 Å². The van der Waals surface area contributed by atoms with Crippen LogP contribution in [0, 0.1) is 0 Å². The Balaban J connectivity index is 2.30. The zero-order chi connectivity index (χ0) is 3.41. The molecular weight excluding hydrogens is 59.0 g/mol. The minimum atomic E-state index is 0.708. The van der Waals surface area contributed by atoms with Gasteiger partial charge in [-0.2, -0.15) is 0 Å². The molecule has 0 saturated heterocycles. The summed E-state index contributed by atoms with van der Waals surface area (Å²) >= 11 is 0. The van der Waals surface area contributed by atoms with Gasteiger partial charge < -0.3 is 4.94 Å². The smallest absolute Gasteiger partial charge is 0.128 e.